The molecule has 7 nitrogen and oxygen atoms in total. The van der Waals surface area contributed by atoms with E-state index < -0.39 is 10.0 Å². The van der Waals surface area contributed by atoms with Gasteiger partial charge in [-0.3, -0.25) is 9.59 Å². The normalized spacial score (nSPS) is 15.2. The van der Waals surface area contributed by atoms with Gasteiger partial charge in [-0.25, -0.2) is 8.42 Å². The molecule has 0 atom stereocenters. The van der Waals surface area contributed by atoms with E-state index in [0.29, 0.717) is 35.6 Å². The van der Waals surface area contributed by atoms with E-state index in [0.717, 1.165) is 25.7 Å². The molecule has 0 unspecified atom stereocenters. The summed E-state index contributed by atoms with van der Waals surface area (Å²) in [5.74, 6) is -0.590. The monoisotopic (exact) mass is 457 g/mol. The molecule has 0 aliphatic carbocycles. The molecule has 0 radical (unpaired) electrons. The fourth-order valence-electron chi connectivity index (χ4n) is 3.57. The van der Waals surface area contributed by atoms with Gasteiger partial charge in [0.15, 0.2) is 0 Å². The molecule has 2 aromatic carbocycles. The lowest BCUT2D eigenvalue weighted by atomic mass is 10.1. The highest BCUT2D eigenvalue weighted by molar-refractivity contribution is 7.89. The van der Waals surface area contributed by atoms with Gasteiger partial charge in [-0.2, -0.15) is 4.31 Å². The number of sulfonamides is 1. The third kappa shape index (κ3) is 5.75. The largest absolute Gasteiger partial charge is 0.326 e. The number of aryl methyl sites for hydroxylation is 1. The first-order valence-electron chi connectivity index (χ1n) is 11.0. The second-order valence-electron chi connectivity index (χ2n) is 8.47. The lowest BCUT2D eigenvalue weighted by Gasteiger charge is -2.21. The quantitative estimate of drug-likeness (QED) is 0.672. The zero-order valence-corrected chi connectivity index (χ0v) is 19.7. The van der Waals surface area contributed by atoms with E-state index in [9.17, 15) is 18.0 Å². The number of amides is 2. The van der Waals surface area contributed by atoms with Crippen molar-refractivity contribution in [1.29, 1.82) is 0 Å². The maximum absolute atomic E-state index is 13.2. The van der Waals surface area contributed by atoms with E-state index in [-0.39, 0.29) is 22.6 Å². The number of anilines is 2. The van der Waals surface area contributed by atoms with Gasteiger partial charge in [0.05, 0.1) is 4.90 Å². The number of hydrogen-bond donors (Lipinski definition) is 2. The van der Waals surface area contributed by atoms with E-state index in [4.69, 9.17) is 0 Å². The molecule has 3 rings (SSSR count). The van der Waals surface area contributed by atoms with Crippen molar-refractivity contribution in [1.82, 2.24) is 4.31 Å². The number of nitrogens with zero attached hydrogens (tertiary/aromatic N) is 1. The van der Waals surface area contributed by atoms with Crippen LogP contribution in [0.25, 0.3) is 0 Å². The lowest BCUT2D eigenvalue weighted by molar-refractivity contribution is -0.118. The Bertz CT molecular complexity index is 1070. The number of carbonyl (C=O) groups is 2. The second-order valence-corrected chi connectivity index (χ2v) is 10.4. The number of benzene rings is 2. The molecule has 1 aliphatic rings. The van der Waals surface area contributed by atoms with Crippen LogP contribution in [0.2, 0.25) is 0 Å². The van der Waals surface area contributed by atoms with Crippen molar-refractivity contribution in [3.8, 4) is 0 Å². The van der Waals surface area contributed by atoms with Gasteiger partial charge >= 0.3 is 0 Å². The van der Waals surface area contributed by atoms with Crippen molar-refractivity contribution < 1.29 is 18.0 Å². The SMILES string of the molecule is Cc1ccc(NC(=O)c2ccc(NC(=O)C(C)C)cc2)cc1S(=O)(=O)N1CCCCCC1. The van der Waals surface area contributed by atoms with Crippen LogP contribution in [0.1, 0.15) is 55.5 Å². The molecule has 0 bridgehead atoms. The first-order chi connectivity index (χ1) is 15.2. The number of hydrogen-bond acceptors (Lipinski definition) is 4. The standard InChI is InChI=1S/C24H31N3O4S/c1-17(2)23(28)25-20-12-9-19(10-13-20)24(29)26-21-11-8-18(3)22(16-21)32(30,31)27-14-6-4-5-7-15-27/h8-13,16-17H,4-7,14-15H2,1-3H3,(H,25,28)(H,26,29). The van der Waals surface area contributed by atoms with Crippen LogP contribution >= 0.6 is 0 Å². The lowest BCUT2D eigenvalue weighted by Crippen LogP contribution is -2.32. The molecule has 1 fully saturated rings. The smallest absolute Gasteiger partial charge is 0.255 e. The summed E-state index contributed by atoms with van der Waals surface area (Å²) in [5, 5.41) is 5.56. The highest BCUT2D eigenvalue weighted by atomic mass is 32.2. The maximum Gasteiger partial charge on any atom is 0.255 e. The zero-order valence-electron chi connectivity index (χ0n) is 18.8. The minimum atomic E-state index is -3.62. The van der Waals surface area contributed by atoms with E-state index in [1.165, 1.54) is 6.07 Å². The molecule has 0 spiro atoms. The average Bonchev–Trinajstić information content (AvgIpc) is 3.05. The van der Waals surface area contributed by atoms with Gasteiger partial charge in [-0.05, 0) is 61.7 Å². The van der Waals surface area contributed by atoms with E-state index in [1.807, 2.05) is 0 Å². The Hall–Kier alpha value is -2.71. The fourth-order valence-corrected chi connectivity index (χ4v) is 5.34. The van der Waals surface area contributed by atoms with Gasteiger partial charge in [-0.1, -0.05) is 32.8 Å². The zero-order chi connectivity index (χ0) is 23.3. The topological polar surface area (TPSA) is 95.6 Å². The molecule has 32 heavy (non-hydrogen) atoms. The second kappa shape index (κ2) is 10.3. The van der Waals surface area contributed by atoms with Gasteiger partial charge < -0.3 is 10.6 Å². The highest BCUT2D eigenvalue weighted by Crippen LogP contribution is 2.26. The van der Waals surface area contributed by atoms with Crippen LogP contribution in [0.4, 0.5) is 11.4 Å². The average molecular weight is 458 g/mol. The van der Waals surface area contributed by atoms with Crippen LogP contribution < -0.4 is 10.6 Å². The molecule has 172 valence electrons. The van der Waals surface area contributed by atoms with Crippen molar-refractivity contribution in [3.05, 3.63) is 53.6 Å². The highest BCUT2D eigenvalue weighted by Gasteiger charge is 2.27. The van der Waals surface area contributed by atoms with Gasteiger partial charge in [0.1, 0.15) is 0 Å². The molecular weight excluding hydrogens is 426 g/mol. The number of carbonyl (C=O) groups excluding carboxylic acids is 2. The van der Waals surface area contributed by atoms with E-state index >= 15 is 0 Å². The van der Waals surface area contributed by atoms with Crippen molar-refractivity contribution >= 4 is 33.2 Å². The molecule has 1 saturated heterocycles. The minimum absolute atomic E-state index is 0.0972. The Balaban J connectivity index is 1.75. The summed E-state index contributed by atoms with van der Waals surface area (Å²) >= 11 is 0. The Morgan fingerprint density at radius 2 is 1.47 bits per heavy atom. The van der Waals surface area contributed by atoms with E-state index in [1.54, 1.807) is 61.5 Å². The predicted octanol–water partition coefficient (Wildman–Crippen LogP) is 4.41. The van der Waals surface area contributed by atoms with Crippen LogP contribution in [0, 0.1) is 12.8 Å². The molecule has 0 aromatic heterocycles. The Kier molecular flexibility index (Phi) is 7.69. The molecule has 2 N–H and O–H groups in total. The summed E-state index contributed by atoms with van der Waals surface area (Å²) in [6.45, 7) is 6.43. The summed E-state index contributed by atoms with van der Waals surface area (Å²) in [6.07, 6.45) is 3.81. The summed E-state index contributed by atoms with van der Waals surface area (Å²) in [6, 6.07) is 11.5. The Morgan fingerprint density at radius 1 is 0.875 bits per heavy atom. The van der Waals surface area contributed by atoms with Crippen LogP contribution in [0.15, 0.2) is 47.4 Å². The summed E-state index contributed by atoms with van der Waals surface area (Å²) in [5.41, 5.74) is 2.09. The van der Waals surface area contributed by atoms with Crippen molar-refractivity contribution in [3.63, 3.8) is 0 Å². The molecule has 2 aromatic rings. The minimum Gasteiger partial charge on any atom is -0.326 e. The summed E-state index contributed by atoms with van der Waals surface area (Å²) in [7, 11) is -3.62. The molecule has 1 heterocycles. The molecular formula is C24H31N3O4S. The van der Waals surface area contributed by atoms with Gasteiger partial charge in [0, 0.05) is 35.9 Å². The third-order valence-corrected chi connectivity index (χ3v) is 7.61. The Morgan fingerprint density at radius 3 is 2.06 bits per heavy atom. The van der Waals surface area contributed by atoms with Crippen LogP contribution in [0.5, 0.6) is 0 Å². The maximum atomic E-state index is 13.2. The van der Waals surface area contributed by atoms with E-state index in [2.05, 4.69) is 10.6 Å². The van der Waals surface area contributed by atoms with Gasteiger partial charge in [-0.15, -0.1) is 0 Å². The van der Waals surface area contributed by atoms with Gasteiger partial charge in [0.25, 0.3) is 5.91 Å². The summed E-state index contributed by atoms with van der Waals surface area (Å²) in [4.78, 5) is 24.7. The van der Waals surface area contributed by atoms with Crippen LogP contribution in [-0.2, 0) is 14.8 Å². The summed E-state index contributed by atoms with van der Waals surface area (Å²) < 4.78 is 28.0. The molecule has 0 saturated carbocycles. The van der Waals surface area contributed by atoms with Crippen molar-refractivity contribution in [2.24, 2.45) is 5.92 Å². The number of nitrogens with one attached hydrogen (secondary N) is 2. The van der Waals surface area contributed by atoms with Crippen LogP contribution in [-0.4, -0.2) is 37.6 Å². The van der Waals surface area contributed by atoms with Crippen LogP contribution in [0.3, 0.4) is 0 Å². The molecule has 1 aliphatic heterocycles. The predicted molar refractivity (Wildman–Crippen MR) is 126 cm³/mol. The van der Waals surface area contributed by atoms with Crippen molar-refractivity contribution in [2.75, 3.05) is 23.7 Å². The third-order valence-electron chi connectivity index (χ3n) is 5.57. The Labute approximate surface area is 190 Å². The first-order valence-corrected chi connectivity index (χ1v) is 12.5. The first kappa shape index (κ1) is 23.9. The van der Waals surface area contributed by atoms with Crippen molar-refractivity contribution in [2.45, 2.75) is 51.3 Å². The van der Waals surface area contributed by atoms with Gasteiger partial charge in [0.2, 0.25) is 15.9 Å². The number of rotatable bonds is 6. The molecule has 2 amide bonds. The fraction of sp³-hybridized carbons (Fsp3) is 0.417. The molecule has 8 heteroatoms.